The maximum atomic E-state index is 13.0. The number of amides is 1. The molecule has 1 saturated heterocycles. The number of hydrogen-bond donors (Lipinski definition) is 0. The molecule has 1 amide bonds. The van der Waals surface area contributed by atoms with Gasteiger partial charge < -0.3 is 14.2 Å². The molecule has 3 aromatic heterocycles. The van der Waals surface area contributed by atoms with Gasteiger partial charge in [0.25, 0.3) is 5.91 Å². The molecule has 0 saturated carbocycles. The van der Waals surface area contributed by atoms with Crippen LogP contribution in [0.4, 0.5) is 0 Å². The van der Waals surface area contributed by atoms with E-state index >= 15 is 0 Å². The average molecular weight is 392 g/mol. The zero-order valence-electron chi connectivity index (χ0n) is 16.9. The molecule has 1 aliphatic rings. The largest absolute Gasteiger partial charge is 0.368 e. The molecule has 150 valence electrons. The van der Waals surface area contributed by atoms with E-state index < -0.39 is 0 Å². The van der Waals surface area contributed by atoms with E-state index in [2.05, 4.69) is 10.1 Å². The van der Waals surface area contributed by atoms with E-state index in [1.807, 2.05) is 49.9 Å². The van der Waals surface area contributed by atoms with Gasteiger partial charge in [-0.25, -0.2) is 4.98 Å². The smallest absolute Gasteiger partial charge is 0.255 e. The van der Waals surface area contributed by atoms with Crippen molar-refractivity contribution in [3.63, 3.8) is 0 Å². The molecule has 4 rings (SSSR count). The summed E-state index contributed by atoms with van der Waals surface area (Å²) in [5.41, 5.74) is 4.72. The van der Waals surface area contributed by atoms with Crippen LogP contribution in [0.3, 0.4) is 0 Å². The van der Waals surface area contributed by atoms with Gasteiger partial charge in [0.1, 0.15) is 11.9 Å². The van der Waals surface area contributed by atoms with E-state index in [-0.39, 0.29) is 12.0 Å². The molecule has 7 heteroatoms. The number of pyridine rings is 2. The second-order valence-electron chi connectivity index (χ2n) is 7.11. The van der Waals surface area contributed by atoms with Gasteiger partial charge in [-0.05, 0) is 38.1 Å². The fourth-order valence-electron chi connectivity index (χ4n) is 3.65. The van der Waals surface area contributed by atoms with Crippen molar-refractivity contribution in [1.29, 1.82) is 0 Å². The Morgan fingerprint density at radius 2 is 2.07 bits per heavy atom. The number of aryl methyl sites for hydroxylation is 3. The van der Waals surface area contributed by atoms with E-state index in [9.17, 15) is 4.79 Å². The third-order valence-electron chi connectivity index (χ3n) is 5.20. The first kappa shape index (κ1) is 19.3. The van der Waals surface area contributed by atoms with Crippen LogP contribution in [0.1, 0.15) is 46.2 Å². The first-order valence-corrected chi connectivity index (χ1v) is 9.83. The summed E-state index contributed by atoms with van der Waals surface area (Å²) in [6.07, 6.45) is 2.16. The minimum absolute atomic E-state index is 0.0248. The van der Waals surface area contributed by atoms with Gasteiger partial charge in [-0.3, -0.25) is 9.78 Å². The van der Waals surface area contributed by atoms with Crippen molar-refractivity contribution in [2.45, 2.75) is 33.3 Å². The number of rotatable bonds is 4. The lowest BCUT2D eigenvalue weighted by atomic mass is 10.1. The highest BCUT2D eigenvalue weighted by atomic mass is 16.5. The van der Waals surface area contributed by atoms with Gasteiger partial charge >= 0.3 is 0 Å². The Kier molecular flexibility index (Phi) is 5.40. The van der Waals surface area contributed by atoms with E-state index in [0.717, 1.165) is 40.5 Å². The molecule has 4 heterocycles. The second-order valence-corrected chi connectivity index (χ2v) is 7.11. The van der Waals surface area contributed by atoms with E-state index in [0.29, 0.717) is 25.3 Å². The highest BCUT2D eigenvalue weighted by molar-refractivity contribution is 5.95. The standard InChI is InChI=1S/C22H24N4O3/c1-4-19-21(15(3)25-29-19)18-9-5-8-17(24-18)20-13-26(11-12-28-20)22(27)16-7-6-10-23-14(16)2/h5-10,20H,4,11-13H2,1-3H3. The highest BCUT2D eigenvalue weighted by Crippen LogP contribution is 2.29. The third-order valence-corrected chi connectivity index (χ3v) is 5.20. The zero-order valence-corrected chi connectivity index (χ0v) is 16.9. The van der Waals surface area contributed by atoms with Gasteiger partial charge in [-0.1, -0.05) is 18.1 Å². The lowest BCUT2D eigenvalue weighted by Crippen LogP contribution is -2.42. The van der Waals surface area contributed by atoms with Crippen LogP contribution >= 0.6 is 0 Å². The van der Waals surface area contributed by atoms with Crippen LogP contribution in [0.25, 0.3) is 11.3 Å². The van der Waals surface area contributed by atoms with Gasteiger partial charge in [-0.15, -0.1) is 0 Å². The lowest BCUT2D eigenvalue weighted by Gasteiger charge is -2.33. The van der Waals surface area contributed by atoms with Gasteiger partial charge in [0.2, 0.25) is 0 Å². The van der Waals surface area contributed by atoms with Crippen molar-refractivity contribution in [2.75, 3.05) is 19.7 Å². The molecule has 1 fully saturated rings. The Morgan fingerprint density at radius 1 is 1.21 bits per heavy atom. The summed E-state index contributed by atoms with van der Waals surface area (Å²) in [5, 5.41) is 4.08. The molecule has 0 aliphatic carbocycles. The minimum atomic E-state index is -0.283. The van der Waals surface area contributed by atoms with Crippen LogP contribution in [-0.2, 0) is 11.2 Å². The second kappa shape index (κ2) is 8.13. The Labute approximate surface area is 169 Å². The maximum absolute atomic E-state index is 13.0. The molecule has 1 unspecified atom stereocenters. The summed E-state index contributed by atoms with van der Waals surface area (Å²) in [5.74, 6) is 0.795. The molecular weight excluding hydrogens is 368 g/mol. The quantitative estimate of drug-likeness (QED) is 0.676. The van der Waals surface area contributed by atoms with E-state index in [1.165, 1.54) is 0 Å². The molecule has 0 radical (unpaired) electrons. The van der Waals surface area contributed by atoms with Crippen molar-refractivity contribution in [3.8, 4) is 11.3 Å². The Morgan fingerprint density at radius 3 is 2.86 bits per heavy atom. The predicted octanol–water partition coefficient (Wildman–Crippen LogP) is 3.52. The van der Waals surface area contributed by atoms with Gasteiger partial charge in [0, 0.05) is 24.9 Å². The van der Waals surface area contributed by atoms with E-state index in [4.69, 9.17) is 14.2 Å². The van der Waals surface area contributed by atoms with Crippen LogP contribution in [0, 0.1) is 13.8 Å². The van der Waals surface area contributed by atoms with Gasteiger partial charge in [-0.2, -0.15) is 0 Å². The first-order valence-electron chi connectivity index (χ1n) is 9.83. The number of aromatic nitrogens is 3. The average Bonchev–Trinajstić information content (AvgIpc) is 3.14. The Bertz CT molecular complexity index is 1030. The summed E-state index contributed by atoms with van der Waals surface area (Å²) in [6.45, 7) is 7.26. The maximum Gasteiger partial charge on any atom is 0.255 e. The predicted molar refractivity (Wildman–Crippen MR) is 107 cm³/mol. The van der Waals surface area contributed by atoms with Gasteiger partial charge in [0.15, 0.2) is 0 Å². The summed E-state index contributed by atoms with van der Waals surface area (Å²) >= 11 is 0. The molecule has 0 spiro atoms. The first-order chi connectivity index (χ1) is 14.1. The number of hydrogen-bond acceptors (Lipinski definition) is 6. The summed E-state index contributed by atoms with van der Waals surface area (Å²) in [4.78, 5) is 23.8. The van der Waals surface area contributed by atoms with Crippen LogP contribution < -0.4 is 0 Å². The van der Waals surface area contributed by atoms with Crippen molar-refractivity contribution in [1.82, 2.24) is 20.0 Å². The summed E-state index contributed by atoms with van der Waals surface area (Å²) in [6, 6.07) is 9.45. The minimum Gasteiger partial charge on any atom is -0.368 e. The Balaban J connectivity index is 1.58. The summed E-state index contributed by atoms with van der Waals surface area (Å²) < 4.78 is 11.4. The number of carbonyl (C=O) groups excluding carboxylic acids is 1. The summed E-state index contributed by atoms with van der Waals surface area (Å²) in [7, 11) is 0. The monoisotopic (exact) mass is 392 g/mol. The molecule has 7 nitrogen and oxygen atoms in total. The van der Waals surface area contributed by atoms with Crippen LogP contribution in [0.2, 0.25) is 0 Å². The SMILES string of the molecule is CCc1onc(C)c1-c1cccc(C2CN(C(=O)c3cccnc3C)CCO2)n1. The van der Waals surface area contributed by atoms with Gasteiger partial charge in [0.05, 0.1) is 41.4 Å². The number of nitrogens with zero attached hydrogens (tertiary/aromatic N) is 4. The third kappa shape index (κ3) is 3.78. The van der Waals surface area contributed by atoms with Crippen LogP contribution in [0.5, 0.6) is 0 Å². The molecule has 0 N–H and O–H groups in total. The zero-order chi connectivity index (χ0) is 20.4. The molecule has 0 aromatic carbocycles. The van der Waals surface area contributed by atoms with E-state index in [1.54, 1.807) is 12.3 Å². The normalized spacial score (nSPS) is 16.8. The molecular formula is C22H24N4O3. The Hall–Kier alpha value is -3.06. The van der Waals surface area contributed by atoms with Crippen LogP contribution in [0.15, 0.2) is 41.1 Å². The number of carbonyl (C=O) groups is 1. The topological polar surface area (TPSA) is 81.4 Å². The fraction of sp³-hybridized carbons (Fsp3) is 0.364. The van der Waals surface area contributed by atoms with Crippen molar-refractivity contribution >= 4 is 5.91 Å². The number of morpholine rings is 1. The molecule has 3 aromatic rings. The molecule has 1 aliphatic heterocycles. The van der Waals surface area contributed by atoms with Crippen molar-refractivity contribution < 1.29 is 14.1 Å². The molecule has 1 atom stereocenters. The lowest BCUT2D eigenvalue weighted by molar-refractivity contribution is -0.0247. The number of ether oxygens (including phenoxy) is 1. The molecule has 29 heavy (non-hydrogen) atoms. The fourth-order valence-corrected chi connectivity index (χ4v) is 3.65. The van der Waals surface area contributed by atoms with Crippen molar-refractivity contribution in [3.05, 3.63) is 64.9 Å². The highest BCUT2D eigenvalue weighted by Gasteiger charge is 2.28. The molecule has 0 bridgehead atoms. The van der Waals surface area contributed by atoms with Crippen LogP contribution in [-0.4, -0.2) is 45.6 Å². The van der Waals surface area contributed by atoms with Crippen molar-refractivity contribution in [2.24, 2.45) is 0 Å².